The zero-order chi connectivity index (χ0) is 24.9. The van der Waals surface area contributed by atoms with Crippen molar-refractivity contribution < 1.29 is 19.4 Å². The van der Waals surface area contributed by atoms with Crippen molar-refractivity contribution >= 4 is 11.9 Å². The molecule has 5 fully saturated rings. The molecule has 0 spiro atoms. The lowest BCUT2D eigenvalue weighted by atomic mass is 9.32. The summed E-state index contributed by atoms with van der Waals surface area (Å²) >= 11 is 0. The highest BCUT2D eigenvalue weighted by Gasteiger charge is 2.70. The Morgan fingerprint density at radius 3 is 2.12 bits per heavy atom. The topological polar surface area (TPSA) is 63.6 Å². The van der Waals surface area contributed by atoms with Crippen molar-refractivity contribution in [3.63, 3.8) is 0 Å². The number of carbonyl (C=O) groups is 2. The van der Waals surface area contributed by atoms with Crippen LogP contribution in [0.4, 0.5) is 0 Å². The summed E-state index contributed by atoms with van der Waals surface area (Å²) in [5.41, 5.74) is 0.912. The maximum absolute atomic E-state index is 12.3. The largest absolute Gasteiger partial charge is 0.481 e. The highest BCUT2D eigenvalue weighted by atomic mass is 16.5. The van der Waals surface area contributed by atoms with E-state index in [-0.39, 0.29) is 45.1 Å². The summed E-state index contributed by atoms with van der Waals surface area (Å²) in [6.45, 7) is 16.4. The second-order valence-electron chi connectivity index (χ2n) is 14.8. The van der Waals surface area contributed by atoms with Crippen LogP contribution in [-0.2, 0) is 14.3 Å². The van der Waals surface area contributed by atoms with Gasteiger partial charge in [0.15, 0.2) is 0 Å². The Morgan fingerprint density at radius 2 is 1.47 bits per heavy atom. The Kier molecular flexibility index (Phi) is 5.42. The van der Waals surface area contributed by atoms with E-state index in [4.69, 9.17) is 4.74 Å². The lowest BCUT2D eigenvalue weighted by Gasteiger charge is -2.72. The van der Waals surface area contributed by atoms with Crippen molar-refractivity contribution in [1.29, 1.82) is 0 Å². The Morgan fingerprint density at radius 1 is 0.765 bits per heavy atom. The van der Waals surface area contributed by atoms with Gasteiger partial charge in [-0.05, 0) is 110 Å². The van der Waals surface area contributed by atoms with Crippen LogP contribution in [0.15, 0.2) is 0 Å². The standard InChI is InChI=1S/C30H48O4/c1-18(31)34-23-12-14-28(5)21(26(23,2)3)11-15-30(7)22(28)9-8-20-24-19(25(32)33)10-13-27(24,4)16-17-29(20,30)6/h19-24H,8-17H2,1-7H3,(H,32,33)/t19?,20?,21?,22?,23-,24?,27+,28-,29+,30+/m0/s1. The molecule has 0 heterocycles. The van der Waals surface area contributed by atoms with Crippen LogP contribution in [0.3, 0.4) is 0 Å². The fourth-order valence-corrected chi connectivity index (χ4v) is 11.6. The number of fused-ring (bicyclic) bond motifs is 7. The van der Waals surface area contributed by atoms with Gasteiger partial charge >= 0.3 is 11.9 Å². The van der Waals surface area contributed by atoms with E-state index < -0.39 is 5.97 Å². The van der Waals surface area contributed by atoms with E-state index in [9.17, 15) is 14.7 Å². The maximum atomic E-state index is 12.3. The van der Waals surface area contributed by atoms with Crippen molar-refractivity contribution in [2.45, 2.75) is 119 Å². The average Bonchev–Trinajstić information content (AvgIpc) is 3.08. The van der Waals surface area contributed by atoms with Crippen molar-refractivity contribution in [2.24, 2.45) is 56.7 Å². The maximum Gasteiger partial charge on any atom is 0.306 e. The molecule has 5 aliphatic rings. The normalized spacial score (nSPS) is 53.6. The monoisotopic (exact) mass is 472 g/mol. The van der Waals surface area contributed by atoms with E-state index in [2.05, 4.69) is 41.5 Å². The van der Waals surface area contributed by atoms with Gasteiger partial charge in [-0.3, -0.25) is 9.59 Å². The summed E-state index contributed by atoms with van der Waals surface area (Å²) in [4.78, 5) is 24.2. The first kappa shape index (κ1) is 24.6. The number of carbonyl (C=O) groups excluding carboxylic acids is 1. The Bertz CT molecular complexity index is 879. The molecule has 34 heavy (non-hydrogen) atoms. The summed E-state index contributed by atoms with van der Waals surface area (Å²) in [6.07, 6.45) is 11.4. The van der Waals surface area contributed by atoms with Gasteiger partial charge < -0.3 is 9.84 Å². The van der Waals surface area contributed by atoms with Crippen molar-refractivity contribution in [3.05, 3.63) is 0 Å². The van der Waals surface area contributed by atoms with E-state index >= 15 is 0 Å². The predicted octanol–water partition coefficient (Wildman–Crippen LogP) is 7.10. The van der Waals surface area contributed by atoms with Gasteiger partial charge in [0.05, 0.1) is 5.92 Å². The Labute approximate surface area is 207 Å². The number of carboxylic acid groups (broad SMARTS) is 1. The molecule has 1 N–H and O–H groups in total. The van der Waals surface area contributed by atoms with Gasteiger partial charge in [-0.25, -0.2) is 0 Å². The number of ether oxygens (including phenoxy) is 1. The third-order valence-electron chi connectivity index (χ3n) is 13.4. The first-order valence-electron chi connectivity index (χ1n) is 14.1. The third-order valence-corrected chi connectivity index (χ3v) is 13.4. The number of rotatable bonds is 2. The molecule has 10 atom stereocenters. The van der Waals surface area contributed by atoms with Crippen LogP contribution in [0, 0.1) is 56.7 Å². The van der Waals surface area contributed by atoms with Crippen LogP contribution in [-0.4, -0.2) is 23.1 Å². The highest BCUT2D eigenvalue weighted by Crippen LogP contribution is 2.77. The van der Waals surface area contributed by atoms with Gasteiger partial charge in [-0.15, -0.1) is 0 Å². The van der Waals surface area contributed by atoms with Gasteiger partial charge in [0.25, 0.3) is 0 Å². The number of aliphatic carboxylic acids is 1. The Balaban J connectivity index is 1.50. The van der Waals surface area contributed by atoms with Gasteiger partial charge in [-0.1, -0.05) is 41.5 Å². The molecule has 0 aromatic carbocycles. The zero-order valence-electron chi connectivity index (χ0n) is 22.7. The van der Waals surface area contributed by atoms with E-state index in [0.717, 1.165) is 25.7 Å². The molecule has 4 heteroatoms. The molecule has 0 aromatic rings. The molecule has 5 unspecified atom stereocenters. The third kappa shape index (κ3) is 3.01. The van der Waals surface area contributed by atoms with Crippen LogP contribution in [0.2, 0.25) is 0 Å². The molecule has 0 radical (unpaired) electrons. The van der Waals surface area contributed by atoms with Crippen LogP contribution in [0.25, 0.3) is 0 Å². The first-order valence-corrected chi connectivity index (χ1v) is 14.1. The minimum atomic E-state index is -0.550. The minimum Gasteiger partial charge on any atom is -0.481 e. The van der Waals surface area contributed by atoms with Gasteiger partial charge in [0.1, 0.15) is 6.10 Å². The van der Waals surface area contributed by atoms with E-state index in [1.165, 1.54) is 38.5 Å². The SMILES string of the molecule is CC(=O)O[C@H]1CC[C@@]2(C)C(CC[C@]3(C)C2CCC2C4C(C(=O)O)CC[C@]4(C)CC[C@]23C)C1(C)C. The predicted molar refractivity (Wildman–Crippen MR) is 133 cm³/mol. The number of esters is 1. The van der Waals surface area contributed by atoms with Crippen LogP contribution in [0.5, 0.6) is 0 Å². The second kappa shape index (κ2) is 7.48. The van der Waals surface area contributed by atoms with Gasteiger partial charge in [0, 0.05) is 12.3 Å². The Hall–Kier alpha value is -1.06. The molecule has 0 amide bonds. The van der Waals surface area contributed by atoms with Crippen LogP contribution >= 0.6 is 0 Å². The fourth-order valence-electron chi connectivity index (χ4n) is 11.6. The van der Waals surface area contributed by atoms with Crippen molar-refractivity contribution in [3.8, 4) is 0 Å². The summed E-state index contributed by atoms with van der Waals surface area (Å²) in [6, 6.07) is 0. The summed E-state index contributed by atoms with van der Waals surface area (Å²) in [7, 11) is 0. The molecule has 192 valence electrons. The molecule has 5 saturated carbocycles. The first-order chi connectivity index (χ1) is 15.7. The fraction of sp³-hybridized carbons (Fsp3) is 0.933. The quantitative estimate of drug-likeness (QED) is 0.435. The highest BCUT2D eigenvalue weighted by molar-refractivity contribution is 5.71. The summed E-state index contributed by atoms with van der Waals surface area (Å²) in [5, 5.41) is 10.1. The lowest BCUT2D eigenvalue weighted by molar-refractivity contribution is -0.249. The van der Waals surface area contributed by atoms with E-state index in [0.29, 0.717) is 23.7 Å². The minimum absolute atomic E-state index is 0.0112. The number of hydrogen-bond donors (Lipinski definition) is 1. The number of hydrogen-bond acceptors (Lipinski definition) is 3. The van der Waals surface area contributed by atoms with Gasteiger partial charge in [-0.2, -0.15) is 0 Å². The van der Waals surface area contributed by atoms with Crippen molar-refractivity contribution in [2.75, 3.05) is 0 Å². The molecule has 4 nitrogen and oxygen atoms in total. The van der Waals surface area contributed by atoms with Crippen LogP contribution < -0.4 is 0 Å². The molecule has 0 saturated heterocycles. The zero-order valence-corrected chi connectivity index (χ0v) is 22.7. The molecule has 5 rings (SSSR count). The molecule has 0 aromatic heterocycles. The van der Waals surface area contributed by atoms with Crippen LogP contribution in [0.1, 0.15) is 113 Å². The summed E-state index contributed by atoms with van der Waals surface area (Å²) in [5.74, 6) is 1.23. The molecule has 5 aliphatic carbocycles. The second-order valence-corrected chi connectivity index (χ2v) is 14.8. The molecular weight excluding hydrogens is 424 g/mol. The van der Waals surface area contributed by atoms with Crippen molar-refractivity contribution in [1.82, 2.24) is 0 Å². The van der Waals surface area contributed by atoms with Gasteiger partial charge in [0.2, 0.25) is 0 Å². The summed E-state index contributed by atoms with van der Waals surface area (Å²) < 4.78 is 5.87. The lowest BCUT2D eigenvalue weighted by Crippen LogP contribution is -2.66. The van der Waals surface area contributed by atoms with E-state index in [1.54, 1.807) is 6.92 Å². The molecule has 0 bridgehead atoms. The average molecular weight is 473 g/mol. The molecule has 0 aliphatic heterocycles. The molecular formula is C30H48O4. The number of carboxylic acids is 1. The smallest absolute Gasteiger partial charge is 0.306 e. The van der Waals surface area contributed by atoms with E-state index in [1.807, 2.05) is 0 Å².